The van der Waals surface area contributed by atoms with E-state index in [1.54, 1.807) is 7.11 Å². The van der Waals surface area contributed by atoms with Crippen molar-refractivity contribution in [3.05, 3.63) is 29.8 Å². The Kier molecular flexibility index (Phi) is 6.50. The van der Waals surface area contributed by atoms with Gasteiger partial charge in [0.25, 0.3) is 0 Å². The van der Waals surface area contributed by atoms with Gasteiger partial charge in [0.2, 0.25) is 0 Å². The maximum atomic E-state index is 6.06. The molecule has 0 spiro atoms. The number of hydrogen-bond donors (Lipinski definition) is 1. The maximum Gasteiger partial charge on any atom is 0.118 e. The van der Waals surface area contributed by atoms with Gasteiger partial charge in [0.15, 0.2) is 0 Å². The molecular formula is C17H30N2O. The summed E-state index contributed by atoms with van der Waals surface area (Å²) in [5, 5.41) is 0. The van der Waals surface area contributed by atoms with Crippen molar-refractivity contribution in [2.24, 2.45) is 11.7 Å². The predicted octanol–water partition coefficient (Wildman–Crippen LogP) is 2.93. The molecule has 1 aromatic rings. The Morgan fingerprint density at radius 1 is 1.30 bits per heavy atom. The molecule has 0 saturated heterocycles. The smallest absolute Gasteiger partial charge is 0.118 e. The SMILES string of the molecule is CCC(C)CN(C)C(C)(CN)Cc1ccc(OC)cc1. The van der Waals surface area contributed by atoms with Gasteiger partial charge in [-0.05, 0) is 44.0 Å². The number of rotatable bonds is 8. The first kappa shape index (κ1) is 17.0. The molecule has 3 heteroatoms. The van der Waals surface area contributed by atoms with E-state index in [0.717, 1.165) is 18.7 Å². The average molecular weight is 278 g/mol. The Balaban J connectivity index is 2.76. The third-order valence-electron chi connectivity index (χ3n) is 4.39. The van der Waals surface area contributed by atoms with E-state index in [1.807, 2.05) is 12.1 Å². The number of likely N-dealkylation sites (N-methyl/N-ethyl adjacent to an activating group) is 1. The van der Waals surface area contributed by atoms with Gasteiger partial charge < -0.3 is 10.5 Å². The molecule has 0 amide bonds. The third-order valence-corrected chi connectivity index (χ3v) is 4.39. The highest BCUT2D eigenvalue weighted by molar-refractivity contribution is 5.28. The summed E-state index contributed by atoms with van der Waals surface area (Å²) >= 11 is 0. The van der Waals surface area contributed by atoms with Gasteiger partial charge in [0.05, 0.1) is 7.11 Å². The Labute approximate surface area is 124 Å². The second-order valence-electron chi connectivity index (χ2n) is 6.12. The molecule has 2 atom stereocenters. The van der Waals surface area contributed by atoms with Crippen molar-refractivity contribution >= 4 is 0 Å². The van der Waals surface area contributed by atoms with Gasteiger partial charge >= 0.3 is 0 Å². The molecule has 0 heterocycles. The van der Waals surface area contributed by atoms with Gasteiger partial charge in [0.1, 0.15) is 5.75 Å². The van der Waals surface area contributed by atoms with Gasteiger partial charge in [-0.15, -0.1) is 0 Å². The molecule has 2 N–H and O–H groups in total. The molecule has 2 unspecified atom stereocenters. The minimum Gasteiger partial charge on any atom is -0.497 e. The van der Waals surface area contributed by atoms with Crippen LogP contribution >= 0.6 is 0 Å². The van der Waals surface area contributed by atoms with Crippen LogP contribution in [-0.2, 0) is 6.42 Å². The molecule has 114 valence electrons. The van der Waals surface area contributed by atoms with Crippen LogP contribution in [0.4, 0.5) is 0 Å². The first-order chi connectivity index (χ1) is 9.45. The van der Waals surface area contributed by atoms with Crippen LogP contribution in [0.3, 0.4) is 0 Å². The van der Waals surface area contributed by atoms with Crippen LogP contribution in [0.5, 0.6) is 5.75 Å². The molecule has 1 aromatic carbocycles. The lowest BCUT2D eigenvalue weighted by Gasteiger charge is -2.39. The van der Waals surface area contributed by atoms with Crippen LogP contribution in [-0.4, -0.2) is 37.7 Å². The molecule has 0 radical (unpaired) electrons. The van der Waals surface area contributed by atoms with Gasteiger partial charge in [0, 0.05) is 18.6 Å². The standard InChI is InChI=1S/C17H30N2O/c1-6-14(2)12-19(4)17(3,13-18)11-15-7-9-16(20-5)10-8-15/h7-10,14H,6,11-13,18H2,1-5H3. The zero-order valence-electron chi connectivity index (χ0n) is 13.6. The van der Waals surface area contributed by atoms with Crippen LogP contribution in [0, 0.1) is 5.92 Å². The Morgan fingerprint density at radius 3 is 2.35 bits per heavy atom. The normalized spacial score (nSPS) is 15.9. The summed E-state index contributed by atoms with van der Waals surface area (Å²) in [6.45, 7) is 8.52. The zero-order chi connectivity index (χ0) is 15.2. The number of hydrogen-bond acceptors (Lipinski definition) is 3. The molecule has 0 fully saturated rings. The Bertz CT molecular complexity index is 390. The van der Waals surface area contributed by atoms with Gasteiger partial charge in [-0.1, -0.05) is 32.4 Å². The topological polar surface area (TPSA) is 38.5 Å². The number of ether oxygens (including phenoxy) is 1. The second kappa shape index (κ2) is 7.65. The Morgan fingerprint density at radius 2 is 1.90 bits per heavy atom. The third kappa shape index (κ3) is 4.50. The highest BCUT2D eigenvalue weighted by atomic mass is 16.5. The van der Waals surface area contributed by atoms with Crippen molar-refractivity contribution in [1.82, 2.24) is 4.90 Å². The first-order valence-corrected chi connectivity index (χ1v) is 7.49. The molecular weight excluding hydrogens is 248 g/mol. The lowest BCUT2D eigenvalue weighted by atomic mass is 9.90. The summed E-state index contributed by atoms with van der Waals surface area (Å²) in [7, 11) is 3.88. The number of benzene rings is 1. The van der Waals surface area contributed by atoms with Gasteiger partial charge in [-0.25, -0.2) is 0 Å². The minimum absolute atomic E-state index is 0.00197. The van der Waals surface area contributed by atoms with Crippen LogP contribution in [0.1, 0.15) is 32.8 Å². The lowest BCUT2D eigenvalue weighted by molar-refractivity contribution is 0.124. The molecule has 0 aliphatic rings. The fourth-order valence-electron chi connectivity index (χ4n) is 2.36. The quantitative estimate of drug-likeness (QED) is 0.794. The van der Waals surface area contributed by atoms with Crippen molar-refractivity contribution in [2.75, 3.05) is 27.2 Å². The number of nitrogens with zero attached hydrogens (tertiary/aromatic N) is 1. The van der Waals surface area contributed by atoms with E-state index in [0.29, 0.717) is 12.5 Å². The average Bonchev–Trinajstić information content (AvgIpc) is 2.47. The summed E-state index contributed by atoms with van der Waals surface area (Å²) in [6.07, 6.45) is 2.16. The fourth-order valence-corrected chi connectivity index (χ4v) is 2.36. The van der Waals surface area contributed by atoms with E-state index in [-0.39, 0.29) is 5.54 Å². The molecule has 20 heavy (non-hydrogen) atoms. The maximum absolute atomic E-state index is 6.06. The lowest BCUT2D eigenvalue weighted by Crippen LogP contribution is -2.52. The summed E-state index contributed by atoms with van der Waals surface area (Å²) in [5.41, 5.74) is 7.36. The Hall–Kier alpha value is -1.06. The summed E-state index contributed by atoms with van der Waals surface area (Å²) in [4.78, 5) is 2.41. The monoisotopic (exact) mass is 278 g/mol. The van der Waals surface area contributed by atoms with Crippen LogP contribution in [0.2, 0.25) is 0 Å². The summed E-state index contributed by atoms with van der Waals surface area (Å²) < 4.78 is 5.21. The van der Waals surface area contributed by atoms with E-state index in [4.69, 9.17) is 10.5 Å². The zero-order valence-corrected chi connectivity index (χ0v) is 13.6. The van der Waals surface area contributed by atoms with Crippen LogP contribution in [0.15, 0.2) is 24.3 Å². The first-order valence-electron chi connectivity index (χ1n) is 7.49. The van der Waals surface area contributed by atoms with E-state index < -0.39 is 0 Å². The van der Waals surface area contributed by atoms with Gasteiger partial charge in [-0.2, -0.15) is 0 Å². The van der Waals surface area contributed by atoms with Crippen molar-refractivity contribution < 1.29 is 4.74 Å². The predicted molar refractivity (Wildman–Crippen MR) is 86.2 cm³/mol. The highest BCUT2D eigenvalue weighted by Gasteiger charge is 2.28. The number of nitrogens with two attached hydrogens (primary N) is 1. The van der Waals surface area contributed by atoms with Crippen LogP contribution < -0.4 is 10.5 Å². The molecule has 1 rings (SSSR count). The van der Waals surface area contributed by atoms with Crippen molar-refractivity contribution in [3.8, 4) is 5.75 Å². The molecule has 0 aliphatic heterocycles. The second-order valence-corrected chi connectivity index (χ2v) is 6.12. The van der Waals surface area contributed by atoms with Gasteiger partial charge in [-0.3, -0.25) is 4.90 Å². The van der Waals surface area contributed by atoms with E-state index in [2.05, 4.69) is 44.9 Å². The molecule has 0 aromatic heterocycles. The van der Waals surface area contributed by atoms with Crippen molar-refractivity contribution in [1.29, 1.82) is 0 Å². The molecule has 0 aliphatic carbocycles. The summed E-state index contributed by atoms with van der Waals surface area (Å²) in [6, 6.07) is 8.29. The van der Waals surface area contributed by atoms with Crippen molar-refractivity contribution in [3.63, 3.8) is 0 Å². The molecule has 0 saturated carbocycles. The molecule has 3 nitrogen and oxygen atoms in total. The molecule has 0 bridgehead atoms. The van der Waals surface area contributed by atoms with E-state index in [9.17, 15) is 0 Å². The highest BCUT2D eigenvalue weighted by Crippen LogP contribution is 2.22. The fraction of sp³-hybridized carbons (Fsp3) is 0.647. The van der Waals surface area contributed by atoms with Crippen LogP contribution in [0.25, 0.3) is 0 Å². The van der Waals surface area contributed by atoms with E-state index in [1.165, 1.54) is 12.0 Å². The largest absolute Gasteiger partial charge is 0.497 e. The minimum atomic E-state index is -0.00197. The summed E-state index contributed by atoms with van der Waals surface area (Å²) in [5.74, 6) is 1.60. The van der Waals surface area contributed by atoms with Crippen molar-refractivity contribution in [2.45, 2.75) is 39.2 Å². The number of methoxy groups -OCH3 is 1. The van der Waals surface area contributed by atoms with E-state index >= 15 is 0 Å².